The second-order valence-electron chi connectivity index (χ2n) is 7.30. The number of carbonyl (C=O) groups excluding carboxylic acids is 1. The van der Waals surface area contributed by atoms with Crippen LogP contribution in [0.15, 0.2) is 0 Å². The van der Waals surface area contributed by atoms with Crippen LogP contribution in [0.4, 0.5) is 8.78 Å². The van der Waals surface area contributed by atoms with E-state index in [1.165, 1.54) is 0 Å². The minimum Gasteiger partial charge on any atom is -0.460 e. The highest BCUT2D eigenvalue weighted by molar-refractivity contribution is 7.87. The molecule has 0 aromatic heterocycles. The topological polar surface area (TPSA) is 121 Å². The van der Waals surface area contributed by atoms with Crippen molar-refractivity contribution < 1.29 is 41.5 Å². The van der Waals surface area contributed by atoms with Crippen molar-refractivity contribution in [2.75, 3.05) is 6.61 Å². The number of rotatable bonds is 4. The highest BCUT2D eigenvalue weighted by Gasteiger charge is 2.62. The molecule has 2 unspecified atom stereocenters. The molecular formula is C13H18F2O7S. The summed E-state index contributed by atoms with van der Waals surface area (Å²) < 4.78 is 60.4. The van der Waals surface area contributed by atoms with Gasteiger partial charge >= 0.3 is 21.3 Å². The first kappa shape index (κ1) is 17.0. The SMILES string of the molecule is O=C(OCC12CC3CC(O)(CC(C1)C3O)C2)C(F)(F)S(=O)(=O)O. The molecule has 0 aromatic rings. The Hall–Kier alpha value is -0.840. The molecular weight excluding hydrogens is 338 g/mol. The van der Waals surface area contributed by atoms with Crippen LogP contribution in [0.2, 0.25) is 0 Å². The van der Waals surface area contributed by atoms with Gasteiger partial charge in [0.2, 0.25) is 0 Å². The maximum atomic E-state index is 13.2. The van der Waals surface area contributed by atoms with Gasteiger partial charge in [-0.3, -0.25) is 4.55 Å². The Labute approximate surface area is 131 Å². The molecule has 4 fully saturated rings. The predicted molar refractivity (Wildman–Crippen MR) is 70.9 cm³/mol. The lowest BCUT2D eigenvalue weighted by Gasteiger charge is -2.61. The van der Waals surface area contributed by atoms with Crippen LogP contribution in [0.25, 0.3) is 0 Å². The molecule has 4 aliphatic carbocycles. The van der Waals surface area contributed by atoms with Gasteiger partial charge < -0.3 is 14.9 Å². The van der Waals surface area contributed by atoms with E-state index in [0.717, 1.165) is 0 Å². The molecule has 0 amide bonds. The largest absolute Gasteiger partial charge is 0.465 e. The molecule has 4 aliphatic rings. The monoisotopic (exact) mass is 356 g/mol. The third-order valence-electron chi connectivity index (χ3n) is 5.42. The summed E-state index contributed by atoms with van der Waals surface area (Å²) in [6, 6.07) is 0. The van der Waals surface area contributed by atoms with Crippen LogP contribution in [0, 0.1) is 17.3 Å². The fourth-order valence-corrected chi connectivity index (χ4v) is 5.10. The molecule has 0 radical (unpaired) electrons. The first-order valence-electron chi connectivity index (χ1n) is 7.30. The number of halogens is 2. The smallest absolute Gasteiger partial charge is 0.460 e. The molecule has 0 saturated heterocycles. The average molecular weight is 356 g/mol. The summed E-state index contributed by atoms with van der Waals surface area (Å²) in [6.45, 7) is -0.473. The van der Waals surface area contributed by atoms with E-state index in [9.17, 15) is 32.2 Å². The van der Waals surface area contributed by atoms with Crippen molar-refractivity contribution in [3.05, 3.63) is 0 Å². The minimum absolute atomic E-state index is 0.193. The number of hydrogen-bond donors (Lipinski definition) is 3. The van der Waals surface area contributed by atoms with Crippen LogP contribution in [-0.2, 0) is 19.6 Å². The maximum absolute atomic E-state index is 13.2. The van der Waals surface area contributed by atoms with E-state index in [4.69, 9.17) is 4.55 Å². The molecule has 0 heterocycles. The Morgan fingerprint density at radius 1 is 1.22 bits per heavy atom. The van der Waals surface area contributed by atoms with Crippen LogP contribution in [0.3, 0.4) is 0 Å². The van der Waals surface area contributed by atoms with Gasteiger partial charge in [-0.25, -0.2) is 4.79 Å². The fraction of sp³-hybridized carbons (Fsp3) is 0.923. The Balaban J connectivity index is 1.73. The van der Waals surface area contributed by atoms with Crippen molar-refractivity contribution in [1.82, 2.24) is 0 Å². The van der Waals surface area contributed by atoms with Gasteiger partial charge in [-0.1, -0.05) is 0 Å². The number of esters is 1. The zero-order valence-electron chi connectivity index (χ0n) is 12.1. The molecule has 4 rings (SSSR count). The van der Waals surface area contributed by atoms with Gasteiger partial charge in [0, 0.05) is 5.41 Å². The molecule has 23 heavy (non-hydrogen) atoms. The summed E-state index contributed by atoms with van der Waals surface area (Å²) in [5.41, 5.74) is -1.76. The predicted octanol–water partition coefficient (Wildman–Crippen LogP) is 0.312. The lowest BCUT2D eigenvalue weighted by atomic mass is 9.47. The molecule has 0 aliphatic heterocycles. The number of aliphatic hydroxyl groups is 2. The van der Waals surface area contributed by atoms with Crippen molar-refractivity contribution in [3.63, 3.8) is 0 Å². The van der Waals surface area contributed by atoms with E-state index in [2.05, 4.69) is 4.74 Å². The zero-order chi connectivity index (χ0) is 17.3. The number of aliphatic hydroxyl groups excluding tert-OH is 1. The zero-order valence-corrected chi connectivity index (χ0v) is 12.9. The van der Waals surface area contributed by atoms with E-state index in [1.54, 1.807) is 0 Å². The Kier molecular flexibility index (Phi) is 3.58. The van der Waals surface area contributed by atoms with E-state index >= 15 is 0 Å². The van der Waals surface area contributed by atoms with E-state index in [0.29, 0.717) is 25.7 Å². The number of hydrogen-bond acceptors (Lipinski definition) is 6. The highest BCUT2D eigenvalue weighted by atomic mass is 32.2. The molecule has 4 saturated carbocycles. The second-order valence-corrected chi connectivity index (χ2v) is 8.76. The van der Waals surface area contributed by atoms with Crippen molar-refractivity contribution >= 4 is 16.1 Å². The van der Waals surface area contributed by atoms with E-state index in [1.807, 2.05) is 0 Å². The van der Waals surface area contributed by atoms with Crippen LogP contribution >= 0.6 is 0 Å². The summed E-state index contributed by atoms with van der Waals surface area (Å²) in [5, 5.41) is 15.6. The standard InChI is InChI=1S/C13H18F2O7S/c14-13(15,23(19,20)21)10(17)22-6-11-1-7-3-12(18,5-11)4-8(2-11)9(7)16/h7-9,16,18H,1-6H2,(H,19,20,21). The second kappa shape index (κ2) is 4.84. The molecule has 7 nitrogen and oxygen atoms in total. The number of carbonyl (C=O) groups is 1. The van der Waals surface area contributed by atoms with Gasteiger partial charge in [0.15, 0.2) is 0 Å². The van der Waals surface area contributed by atoms with Crippen molar-refractivity contribution in [2.24, 2.45) is 17.3 Å². The Morgan fingerprint density at radius 3 is 2.22 bits per heavy atom. The average Bonchev–Trinajstić information content (AvgIpc) is 2.39. The van der Waals surface area contributed by atoms with Crippen LogP contribution in [-0.4, -0.2) is 52.7 Å². The minimum atomic E-state index is -5.90. The molecule has 4 bridgehead atoms. The summed E-state index contributed by atoms with van der Waals surface area (Å²) in [7, 11) is -5.90. The summed E-state index contributed by atoms with van der Waals surface area (Å²) >= 11 is 0. The summed E-state index contributed by atoms with van der Waals surface area (Å²) in [6.07, 6.45) is 1.35. The third kappa shape index (κ3) is 2.65. The normalized spacial score (nSPS) is 42.7. The van der Waals surface area contributed by atoms with Crippen molar-refractivity contribution in [3.8, 4) is 0 Å². The van der Waals surface area contributed by atoms with Gasteiger partial charge in [-0.05, 0) is 43.9 Å². The van der Waals surface area contributed by atoms with Crippen molar-refractivity contribution in [1.29, 1.82) is 0 Å². The fourth-order valence-electron chi connectivity index (χ4n) is 4.83. The molecule has 2 atom stereocenters. The van der Waals surface area contributed by atoms with Gasteiger partial charge in [0.25, 0.3) is 0 Å². The van der Waals surface area contributed by atoms with Crippen LogP contribution in [0.5, 0.6) is 0 Å². The summed E-state index contributed by atoms with van der Waals surface area (Å²) in [5.74, 6) is -2.72. The first-order valence-corrected chi connectivity index (χ1v) is 8.74. The highest BCUT2D eigenvalue weighted by Crippen LogP contribution is 2.61. The first-order chi connectivity index (χ1) is 10.4. The molecule has 0 spiro atoms. The van der Waals surface area contributed by atoms with Crippen LogP contribution in [0.1, 0.15) is 32.1 Å². The quantitative estimate of drug-likeness (QED) is 0.490. The van der Waals surface area contributed by atoms with Crippen molar-refractivity contribution in [2.45, 2.75) is 49.1 Å². The van der Waals surface area contributed by atoms with E-state index < -0.39 is 45.1 Å². The lowest BCUT2D eigenvalue weighted by molar-refractivity contribution is -0.222. The molecule has 132 valence electrons. The maximum Gasteiger partial charge on any atom is 0.465 e. The Morgan fingerprint density at radius 2 is 1.74 bits per heavy atom. The van der Waals surface area contributed by atoms with Gasteiger partial charge in [0.1, 0.15) is 0 Å². The molecule has 10 heteroatoms. The Bertz CT molecular complexity index is 616. The third-order valence-corrected chi connectivity index (χ3v) is 6.23. The van der Waals surface area contributed by atoms with Gasteiger partial charge in [-0.2, -0.15) is 17.2 Å². The number of ether oxygens (including phenoxy) is 1. The summed E-state index contributed by atoms with van der Waals surface area (Å²) in [4.78, 5) is 11.3. The number of alkyl halides is 2. The van der Waals surface area contributed by atoms with Gasteiger partial charge in [0.05, 0.1) is 18.3 Å². The lowest BCUT2D eigenvalue weighted by Crippen LogP contribution is -2.62. The van der Waals surface area contributed by atoms with Gasteiger partial charge in [-0.15, -0.1) is 0 Å². The molecule has 3 N–H and O–H groups in total. The van der Waals surface area contributed by atoms with Crippen LogP contribution < -0.4 is 0 Å². The van der Waals surface area contributed by atoms with E-state index in [-0.39, 0.29) is 18.3 Å². The molecule has 0 aromatic carbocycles.